The summed E-state index contributed by atoms with van der Waals surface area (Å²) in [5, 5.41) is 2.83. The van der Waals surface area contributed by atoms with Crippen molar-refractivity contribution in [1.29, 1.82) is 0 Å². The van der Waals surface area contributed by atoms with E-state index in [9.17, 15) is 22.4 Å². The van der Waals surface area contributed by atoms with Crippen molar-refractivity contribution >= 4 is 17.5 Å². The molecule has 1 amide bonds. The monoisotopic (exact) mass is 388 g/mol. The standard InChI is InChI=1S/C18H17ClF4N2O/c1-25(2)15(16-13(19)4-3-5-14(16)20)10-24-17(26)11-6-8-12(9-7-11)18(21,22)23/h3-9,15H,10H2,1-2H3,(H,24,26)/t15-/m1/s1. The Balaban J connectivity index is 2.13. The number of hydrogen-bond acceptors (Lipinski definition) is 2. The van der Waals surface area contributed by atoms with Gasteiger partial charge in [-0.1, -0.05) is 17.7 Å². The number of benzene rings is 2. The number of nitrogens with one attached hydrogen (secondary N) is 1. The third-order valence-electron chi connectivity index (χ3n) is 3.89. The number of amides is 1. The molecule has 8 heteroatoms. The van der Waals surface area contributed by atoms with Crippen LogP contribution in [0.3, 0.4) is 0 Å². The number of hydrogen-bond donors (Lipinski definition) is 1. The lowest BCUT2D eigenvalue weighted by Gasteiger charge is -2.26. The zero-order valence-corrected chi connectivity index (χ0v) is 14.8. The van der Waals surface area contributed by atoms with E-state index < -0.39 is 29.5 Å². The fourth-order valence-corrected chi connectivity index (χ4v) is 2.76. The van der Waals surface area contributed by atoms with Gasteiger partial charge in [0.15, 0.2) is 0 Å². The van der Waals surface area contributed by atoms with Gasteiger partial charge in [-0.2, -0.15) is 13.2 Å². The Labute approximate surface area is 153 Å². The molecule has 0 aliphatic heterocycles. The third kappa shape index (κ3) is 4.74. The Hall–Kier alpha value is -2.12. The summed E-state index contributed by atoms with van der Waals surface area (Å²) in [5.41, 5.74) is -0.514. The minimum absolute atomic E-state index is 0.0352. The molecule has 0 fully saturated rings. The second-order valence-corrected chi connectivity index (χ2v) is 6.31. The van der Waals surface area contributed by atoms with Crippen LogP contribution >= 0.6 is 11.6 Å². The van der Waals surface area contributed by atoms with Crippen molar-refractivity contribution in [2.45, 2.75) is 12.2 Å². The second-order valence-electron chi connectivity index (χ2n) is 5.90. The average Bonchev–Trinajstić information content (AvgIpc) is 2.56. The SMILES string of the molecule is CN(C)[C@H](CNC(=O)c1ccc(C(F)(F)F)cc1)c1c(F)cccc1Cl. The molecular formula is C18H17ClF4N2O. The van der Waals surface area contributed by atoms with Gasteiger partial charge in [0.1, 0.15) is 5.82 Å². The summed E-state index contributed by atoms with van der Waals surface area (Å²) < 4.78 is 51.9. The molecule has 140 valence electrons. The van der Waals surface area contributed by atoms with Crippen LogP contribution in [0.25, 0.3) is 0 Å². The van der Waals surface area contributed by atoms with E-state index in [1.54, 1.807) is 25.1 Å². The van der Waals surface area contributed by atoms with E-state index in [0.29, 0.717) is 0 Å². The first-order valence-electron chi connectivity index (χ1n) is 7.67. The molecule has 2 aromatic carbocycles. The van der Waals surface area contributed by atoms with Gasteiger partial charge < -0.3 is 10.2 Å². The number of carbonyl (C=O) groups is 1. The fourth-order valence-electron chi connectivity index (χ4n) is 2.47. The third-order valence-corrected chi connectivity index (χ3v) is 4.22. The van der Waals surface area contributed by atoms with E-state index in [2.05, 4.69) is 5.32 Å². The highest BCUT2D eigenvalue weighted by atomic mass is 35.5. The van der Waals surface area contributed by atoms with Gasteiger partial charge in [0, 0.05) is 22.7 Å². The average molecular weight is 389 g/mol. The first kappa shape index (κ1) is 20.2. The maximum Gasteiger partial charge on any atom is 0.416 e. The maximum atomic E-state index is 14.1. The minimum atomic E-state index is -4.47. The van der Waals surface area contributed by atoms with E-state index in [1.807, 2.05) is 0 Å². The molecule has 0 saturated carbocycles. The molecule has 3 nitrogen and oxygen atoms in total. The lowest BCUT2D eigenvalue weighted by atomic mass is 10.0. The lowest BCUT2D eigenvalue weighted by Crippen LogP contribution is -2.35. The number of nitrogens with zero attached hydrogens (tertiary/aromatic N) is 1. The summed E-state index contributed by atoms with van der Waals surface area (Å²) in [6.45, 7) is 0.0352. The topological polar surface area (TPSA) is 32.3 Å². The molecule has 0 aliphatic rings. The number of alkyl halides is 3. The van der Waals surface area contributed by atoms with Crippen LogP contribution in [0.4, 0.5) is 17.6 Å². The molecule has 0 aliphatic carbocycles. The van der Waals surface area contributed by atoms with Crippen molar-refractivity contribution in [2.24, 2.45) is 0 Å². The van der Waals surface area contributed by atoms with Crippen molar-refractivity contribution < 1.29 is 22.4 Å². The highest BCUT2D eigenvalue weighted by molar-refractivity contribution is 6.31. The molecule has 26 heavy (non-hydrogen) atoms. The van der Waals surface area contributed by atoms with E-state index in [4.69, 9.17) is 11.6 Å². The zero-order valence-electron chi connectivity index (χ0n) is 14.1. The van der Waals surface area contributed by atoms with Crippen LogP contribution in [0.5, 0.6) is 0 Å². The highest BCUT2D eigenvalue weighted by Crippen LogP contribution is 2.30. The number of halogens is 5. The van der Waals surface area contributed by atoms with Crippen molar-refractivity contribution in [1.82, 2.24) is 10.2 Å². The molecular weight excluding hydrogens is 372 g/mol. The van der Waals surface area contributed by atoms with Crippen molar-refractivity contribution in [3.63, 3.8) is 0 Å². The van der Waals surface area contributed by atoms with Crippen LogP contribution in [0, 0.1) is 5.82 Å². The van der Waals surface area contributed by atoms with Crippen molar-refractivity contribution in [3.8, 4) is 0 Å². The van der Waals surface area contributed by atoms with Gasteiger partial charge in [0.25, 0.3) is 5.91 Å². The van der Waals surface area contributed by atoms with Crippen LogP contribution in [0.15, 0.2) is 42.5 Å². The number of carbonyl (C=O) groups excluding carboxylic acids is 1. The van der Waals surface area contributed by atoms with Crippen LogP contribution < -0.4 is 5.32 Å². The van der Waals surface area contributed by atoms with Gasteiger partial charge in [-0.15, -0.1) is 0 Å². The highest BCUT2D eigenvalue weighted by Gasteiger charge is 2.30. The summed E-state index contributed by atoms with van der Waals surface area (Å²) in [5.74, 6) is -1.06. The smallest absolute Gasteiger partial charge is 0.350 e. The molecule has 0 radical (unpaired) electrons. The van der Waals surface area contributed by atoms with E-state index in [1.165, 1.54) is 12.1 Å². The lowest BCUT2D eigenvalue weighted by molar-refractivity contribution is -0.137. The van der Waals surface area contributed by atoms with Gasteiger partial charge in [0.2, 0.25) is 0 Å². The van der Waals surface area contributed by atoms with Crippen LogP contribution in [-0.2, 0) is 6.18 Å². The van der Waals surface area contributed by atoms with Gasteiger partial charge >= 0.3 is 6.18 Å². The molecule has 0 heterocycles. The first-order valence-corrected chi connectivity index (χ1v) is 8.05. The first-order chi connectivity index (χ1) is 12.1. The normalized spacial score (nSPS) is 12.9. The van der Waals surface area contributed by atoms with E-state index in [-0.39, 0.29) is 22.7 Å². The van der Waals surface area contributed by atoms with Gasteiger partial charge in [-0.3, -0.25) is 4.79 Å². The number of likely N-dealkylation sites (N-methyl/N-ethyl adjacent to an activating group) is 1. The summed E-state index contributed by atoms with van der Waals surface area (Å²) >= 11 is 6.07. The molecule has 0 saturated heterocycles. The molecule has 2 rings (SSSR count). The van der Waals surface area contributed by atoms with Crippen molar-refractivity contribution in [3.05, 3.63) is 70.0 Å². The van der Waals surface area contributed by atoms with Crippen molar-refractivity contribution in [2.75, 3.05) is 20.6 Å². The summed E-state index contributed by atoms with van der Waals surface area (Å²) in [6.07, 6.45) is -4.47. The fraction of sp³-hybridized carbons (Fsp3) is 0.278. The molecule has 0 aromatic heterocycles. The predicted octanol–water partition coefficient (Wildman–Crippen LogP) is 4.53. The Morgan fingerprint density at radius 1 is 1.15 bits per heavy atom. The van der Waals surface area contributed by atoms with Gasteiger partial charge in [0.05, 0.1) is 11.6 Å². The molecule has 0 spiro atoms. The minimum Gasteiger partial charge on any atom is -0.350 e. The summed E-state index contributed by atoms with van der Waals surface area (Å²) in [4.78, 5) is 13.9. The largest absolute Gasteiger partial charge is 0.416 e. The predicted molar refractivity (Wildman–Crippen MR) is 91.6 cm³/mol. The Bertz CT molecular complexity index is 756. The Morgan fingerprint density at radius 3 is 2.27 bits per heavy atom. The van der Waals surface area contributed by atoms with Gasteiger partial charge in [-0.05, 0) is 50.5 Å². The van der Waals surface area contributed by atoms with Gasteiger partial charge in [-0.25, -0.2) is 4.39 Å². The molecule has 1 atom stereocenters. The quantitative estimate of drug-likeness (QED) is 0.763. The second kappa shape index (κ2) is 8.05. The molecule has 0 bridgehead atoms. The van der Waals surface area contributed by atoms with Crippen LogP contribution in [-0.4, -0.2) is 31.4 Å². The molecule has 0 unspecified atom stereocenters. The Kier molecular flexibility index (Phi) is 6.26. The summed E-state index contributed by atoms with van der Waals surface area (Å²) in [6, 6.07) is 7.64. The van der Waals surface area contributed by atoms with Crippen LogP contribution in [0.1, 0.15) is 27.5 Å². The Morgan fingerprint density at radius 2 is 1.77 bits per heavy atom. The number of rotatable bonds is 5. The summed E-state index contributed by atoms with van der Waals surface area (Å²) in [7, 11) is 3.41. The van der Waals surface area contributed by atoms with E-state index in [0.717, 1.165) is 24.3 Å². The molecule has 1 N–H and O–H groups in total. The maximum absolute atomic E-state index is 14.1. The molecule has 2 aromatic rings. The van der Waals surface area contributed by atoms with E-state index >= 15 is 0 Å². The van der Waals surface area contributed by atoms with Crippen LogP contribution in [0.2, 0.25) is 5.02 Å². The zero-order chi connectivity index (χ0) is 19.5.